The molecule has 1 atom stereocenters. The molecule has 0 bridgehead atoms. The molecule has 0 fully saturated rings. The van der Waals surface area contributed by atoms with Crippen LogP contribution in [0, 0.1) is 11.3 Å². The van der Waals surface area contributed by atoms with Crippen molar-refractivity contribution in [2.45, 2.75) is 6.10 Å². The van der Waals surface area contributed by atoms with Crippen LogP contribution < -0.4 is 5.32 Å². The van der Waals surface area contributed by atoms with Gasteiger partial charge in [0.25, 0.3) is 5.91 Å². The maximum absolute atomic E-state index is 11.8. The van der Waals surface area contributed by atoms with Crippen molar-refractivity contribution in [3.63, 3.8) is 0 Å². The van der Waals surface area contributed by atoms with Crippen LogP contribution in [0.1, 0.15) is 27.7 Å². The number of nitriles is 1. The number of aromatic amines is 1. The van der Waals surface area contributed by atoms with Gasteiger partial charge in [0.05, 0.1) is 11.7 Å². The number of nitrogens with zero attached hydrogens (tertiary/aromatic N) is 1. The van der Waals surface area contributed by atoms with E-state index in [1.54, 1.807) is 18.2 Å². The topological polar surface area (TPSA) is 88.9 Å². The van der Waals surface area contributed by atoms with Crippen molar-refractivity contribution in [3.8, 4) is 6.07 Å². The summed E-state index contributed by atoms with van der Waals surface area (Å²) < 4.78 is 0. The van der Waals surface area contributed by atoms with E-state index in [1.807, 2.05) is 6.07 Å². The Hall–Kier alpha value is -2.00. The Balaban J connectivity index is 1.99. The van der Waals surface area contributed by atoms with E-state index in [4.69, 9.17) is 28.5 Å². The van der Waals surface area contributed by atoms with Crippen molar-refractivity contribution >= 4 is 29.1 Å². The SMILES string of the molecule is N#Cc1cc(C(=O)NCC(O)c2cc(Cl)cc(Cl)c2)c[nH]1. The predicted octanol–water partition coefficient (Wildman–Crippen LogP) is 2.66. The van der Waals surface area contributed by atoms with Crippen LogP contribution in [0.5, 0.6) is 0 Å². The summed E-state index contributed by atoms with van der Waals surface area (Å²) in [5.74, 6) is -0.389. The average Bonchev–Trinajstić information content (AvgIpc) is 2.92. The van der Waals surface area contributed by atoms with Gasteiger partial charge in [0.15, 0.2) is 0 Å². The van der Waals surface area contributed by atoms with Gasteiger partial charge in [-0.1, -0.05) is 23.2 Å². The molecule has 0 aliphatic heterocycles. The number of rotatable bonds is 4. The number of H-pyrrole nitrogens is 1. The standard InChI is InChI=1S/C14H11Cl2N3O2/c15-10-1-8(2-11(16)4-10)13(20)7-19-14(21)9-3-12(5-17)18-6-9/h1-4,6,13,18,20H,7H2,(H,19,21). The summed E-state index contributed by atoms with van der Waals surface area (Å²) in [6.45, 7) is 0.00255. The Morgan fingerprint density at radius 3 is 2.57 bits per heavy atom. The molecule has 0 saturated heterocycles. The molecule has 5 nitrogen and oxygen atoms in total. The fourth-order valence-corrected chi connectivity index (χ4v) is 2.31. The molecule has 1 aromatic carbocycles. The first kappa shape index (κ1) is 15.4. The van der Waals surface area contributed by atoms with Crippen molar-refractivity contribution in [2.75, 3.05) is 6.54 Å². The number of hydrogen-bond donors (Lipinski definition) is 3. The lowest BCUT2D eigenvalue weighted by atomic mass is 10.1. The molecule has 1 amide bonds. The smallest absolute Gasteiger partial charge is 0.252 e. The van der Waals surface area contributed by atoms with E-state index < -0.39 is 6.10 Å². The van der Waals surface area contributed by atoms with Gasteiger partial charge in [-0.3, -0.25) is 4.79 Å². The molecular formula is C14H11Cl2N3O2. The normalized spacial score (nSPS) is 11.7. The molecular weight excluding hydrogens is 313 g/mol. The summed E-state index contributed by atoms with van der Waals surface area (Å²) in [7, 11) is 0. The molecule has 2 aromatic rings. The highest BCUT2D eigenvalue weighted by molar-refractivity contribution is 6.34. The summed E-state index contributed by atoms with van der Waals surface area (Å²) in [6, 6.07) is 8.03. The summed E-state index contributed by atoms with van der Waals surface area (Å²) in [5, 5.41) is 22.1. The molecule has 7 heteroatoms. The van der Waals surface area contributed by atoms with E-state index in [2.05, 4.69) is 10.3 Å². The van der Waals surface area contributed by atoms with Gasteiger partial charge >= 0.3 is 0 Å². The largest absolute Gasteiger partial charge is 0.387 e. The molecule has 108 valence electrons. The van der Waals surface area contributed by atoms with Crippen LogP contribution in [-0.2, 0) is 0 Å². The number of carbonyl (C=O) groups is 1. The highest BCUT2D eigenvalue weighted by atomic mass is 35.5. The summed E-state index contributed by atoms with van der Waals surface area (Å²) in [5.41, 5.74) is 1.13. The highest BCUT2D eigenvalue weighted by Crippen LogP contribution is 2.23. The zero-order chi connectivity index (χ0) is 15.4. The molecule has 0 aliphatic rings. The van der Waals surface area contributed by atoms with Gasteiger partial charge in [0.1, 0.15) is 11.8 Å². The minimum absolute atomic E-state index is 0.00255. The second kappa shape index (κ2) is 6.64. The van der Waals surface area contributed by atoms with Crippen molar-refractivity contribution in [1.82, 2.24) is 10.3 Å². The van der Waals surface area contributed by atoms with Gasteiger partial charge in [0.2, 0.25) is 0 Å². The van der Waals surface area contributed by atoms with Crippen LogP contribution >= 0.6 is 23.2 Å². The van der Waals surface area contributed by atoms with E-state index in [-0.39, 0.29) is 12.5 Å². The van der Waals surface area contributed by atoms with E-state index in [0.29, 0.717) is 26.9 Å². The maximum Gasteiger partial charge on any atom is 0.252 e. The number of aromatic nitrogens is 1. The lowest BCUT2D eigenvalue weighted by Gasteiger charge is -2.12. The molecule has 0 radical (unpaired) electrons. The van der Waals surface area contributed by atoms with E-state index in [9.17, 15) is 9.90 Å². The molecule has 0 aliphatic carbocycles. The third-order valence-electron chi connectivity index (χ3n) is 2.79. The molecule has 1 aromatic heterocycles. The van der Waals surface area contributed by atoms with Gasteiger partial charge in [-0.05, 0) is 29.8 Å². The molecule has 0 saturated carbocycles. The van der Waals surface area contributed by atoms with E-state index >= 15 is 0 Å². The monoisotopic (exact) mass is 323 g/mol. The number of benzene rings is 1. The van der Waals surface area contributed by atoms with Crippen molar-refractivity contribution < 1.29 is 9.90 Å². The number of amides is 1. The fourth-order valence-electron chi connectivity index (χ4n) is 1.77. The molecule has 1 heterocycles. The van der Waals surface area contributed by atoms with Crippen LogP contribution in [0.3, 0.4) is 0 Å². The lowest BCUT2D eigenvalue weighted by molar-refractivity contribution is 0.0916. The Kier molecular flexibility index (Phi) is 4.86. The Bertz CT molecular complexity index is 686. The van der Waals surface area contributed by atoms with Gasteiger partial charge < -0.3 is 15.4 Å². The average molecular weight is 324 g/mol. The van der Waals surface area contributed by atoms with Crippen LogP contribution in [0.15, 0.2) is 30.5 Å². The van der Waals surface area contributed by atoms with Crippen LogP contribution in [-0.4, -0.2) is 22.5 Å². The second-order valence-electron chi connectivity index (χ2n) is 4.34. The number of hydrogen-bond acceptors (Lipinski definition) is 3. The van der Waals surface area contributed by atoms with Crippen molar-refractivity contribution in [2.24, 2.45) is 0 Å². The maximum atomic E-state index is 11.8. The predicted molar refractivity (Wildman–Crippen MR) is 79.3 cm³/mol. The van der Waals surface area contributed by atoms with E-state index in [0.717, 1.165) is 0 Å². The zero-order valence-corrected chi connectivity index (χ0v) is 12.2. The van der Waals surface area contributed by atoms with Crippen molar-refractivity contribution in [1.29, 1.82) is 5.26 Å². The Morgan fingerprint density at radius 1 is 1.33 bits per heavy atom. The fraction of sp³-hybridized carbons (Fsp3) is 0.143. The summed E-state index contributed by atoms with van der Waals surface area (Å²) >= 11 is 11.7. The Labute approximate surface area is 131 Å². The minimum Gasteiger partial charge on any atom is -0.387 e. The van der Waals surface area contributed by atoms with Gasteiger partial charge in [-0.2, -0.15) is 5.26 Å². The molecule has 1 unspecified atom stereocenters. The number of carbonyl (C=O) groups excluding carboxylic acids is 1. The number of aliphatic hydroxyl groups is 1. The van der Waals surface area contributed by atoms with Gasteiger partial charge in [-0.15, -0.1) is 0 Å². The van der Waals surface area contributed by atoms with Crippen LogP contribution in [0.2, 0.25) is 10.0 Å². The molecule has 2 rings (SSSR count). The Morgan fingerprint density at radius 2 is 2.00 bits per heavy atom. The number of nitrogens with one attached hydrogen (secondary N) is 2. The van der Waals surface area contributed by atoms with Crippen molar-refractivity contribution in [3.05, 3.63) is 57.3 Å². The molecule has 3 N–H and O–H groups in total. The van der Waals surface area contributed by atoms with Crippen LogP contribution in [0.4, 0.5) is 0 Å². The first-order chi connectivity index (χ1) is 9.99. The third kappa shape index (κ3) is 3.99. The number of aliphatic hydroxyl groups excluding tert-OH is 1. The van der Waals surface area contributed by atoms with Gasteiger partial charge in [-0.25, -0.2) is 0 Å². The third-order valence-corrected chi connectivity index (χ3v) is 3.23. The first-order valence-corrected chi connectivity index (χ1v) is 6.76. The lowest BCUT2D eigenvalue weighted by Crippen LogP contribution is -2.28. The second-order valence-corrected chi connectivity index (χ2v) is 5.22. The summed E-state index contributed by atoms with van der Waals surface area (Å²) in [6.07, 6.45) is 0.496. The first-order valence-electron chi connectivity index (χ1n) is 6.00. The quantitative estimate of drug-likeness (QED) is 0.808. The zero-order valence-electron chi connectivity index (χ0n) is 10.7. The number of halogens is 2. The van der Waals surface area contributed by atoms with E-state index in [1.165, 1.54) is 12.3 Å². The minimum atomic E-state index is -0.931. The summed E-state index contributed by atoms with van der Waals surface area (Å²) in [4.78, 5) is 14.5. The molecule has 21 heavy (non-hydrogen) atoms. The highest BCUT2D eigenvalue weighted by Gasteiger charge is 2.13. The van der Waals surface area contributed by atoms with Gasteiger partial charge in [0, 0.05) is 22.8 Å². The van der Waals surface area contributed by atoms with Crippen LogP contribution in [0.25, 0.3) is 0 Å². The molecule has 0 spiro atoms.